The first-order valence-electron chi connectivity index (χ1n) is 8.52. The third kappa shape index (κ3) is 4.10. The Kier molecular flexibility index (Phi) is 5.08. The molecule has 1 aliphatic heterocycles. The molecule has 1 aromatic heterocycles. The lowest BCUT2D eigenvalue weighted by Gasteiger charge is -2.30. The van der Waals surface area contributed by atoms with Crippen LogP contribution in [0.25, 0.3) is 0 Å². The highest BCUT2D eigenvalue weighted by atomic mass is 16.2. The molecular weight excluding hydrogens is 300 g/mol. The van der Waals surface area contributed by atoms with Crippen molar-refractivity contribution in [1.29, 1.82) is 0 Å². The number of hydrogen-bond donors (Lipinski definition) is 1. The summed E-state index contributed by atoms with van der Waals surface area (Å²) in [5, 5.41) is 3.23. The van der Waals surface area contributed by atoms with Gasteiger partial charge in [-0.1, -0.05) is 36.8 Å². The highest BCUT2D eigenvalue weighted by Gasteiger charge is 2.23. The lowest BCUT2D eigenvalue weighted by molar-refractivity contribution is 0.0676. The topological polar surface area (TPSA) is 58.1 Å². The fraction of sp³-hybridized carbons (Fsp3) is 0.421. The van der Waals surface area contributed by atoms with Crippen molar-refractivity contribution in [2.75, 3.05) is 18.4 Å². The van der Waals surface area contributed by atoms with E-state index in [9.17, 15) is 4.79 Å². The Morgan fingerprint density at radius 3 is 2.71 bits per heavy atom. The predicted molar refractivity (Wildman–Crippen MR) is 94.8 cm³/mol. The predicted octanol–water partition coefficient (Wildman–Crippen LogP) is 3.27. The third-order valence-electron chi connectivity index (χ3n) is 4.41. The smallest absolute Gasteiger partial charge is 0.274 e. The summed E-state index contributed by atoms with van der Waals surface area (Å²) in [5.41, 5.74) is 2.85. The van der Waals surface area contributed by atoms with E-state index in [-0.39, 0.29) is 5.91 Å². The number of anilines is 1. The summed E-state index contributed by atoms with van der Waals surface area (Å²) >= 11 is 0. The number of aryl methyl sites for hydroxylation is 1. The molecule has 0 aliphatic carbocycles. The standard InChI is InChI=1S/C19H24N4O/c1-14-5-7-16(8-6-14)10-21-18-12-20-17(11-22-18)19(24)23-9-3-4-15(2)13-23/h5-8,11-12,15H,3-4,9-10,13H2,1-2H3,(H,21,22). The number of hydrogen-bond acceptors (Lipinski definition) is 4. The maximum Gasteiger partial charge on any atom is 0.274 e. The van der Waals surface area contributed by atoms with Gasteiger partial charge in [0.1, 0.15) is 11.5 Å². The van der Waals surface area contributed by atoms with Gasteiger partial charge in [-0.05, 0) is 31.2 Å². The van der Waals surface area contributed by atoms with Crippen LogP contribution in [0.2, 0.25) is 0 Å². The largest absolute Gasteiger partial charge is 0.365 e. The second kappa shape index (κ2) is 7.43. The van der Waals surface area contributed by atoms with Gasteiger partial charge in [0, 0.05) is 19.6 Å². The molecule has 1 aliphatic rings. The van der Waals surface area contributed by atoms with E-state index >= 15 is 0 Å². The zero-order valence-electron chi connectivity index (χ0n) is 14.3. The van der Waals surface area contributed by atoms with E-state index < -0.39 is 0 Å². The molecule has 5 nitrogen and oxygen atoms in total. The quantitative estimate of drug-likeness (QED) is 0.938. The lowest BCUT2D eigenvalue weighted by Crippen LogP contribution is -2.39. The van der Waals surface area contributed by atoms with Crippen molar-refractivity contribution in [2.45, 2.75) is 33.2 Å². The Bertz CT molecular complexity index is 682. The lowest BCUT2D eigenvalue weighted by atomic mass is 10.0. The Morgan fingerprint density at radius 2 is 2.04 bits per heavy atom. The van der Waals surface area contributed by atoms with Gasteiger partial charge in [0.05, 0.1) is 12.4 Å². The van der Waals surface area contributed by atoms with Crippen LogP contribution in [0.15, 0.2) is 36.7 Å². The molecule has 5 heteroatoms. The summed E-state index contributed by atoms with van der Waals surface area (Å²) in [5.74, 6) is 1.23. The van der Waals surface area contributed by atoms with Crippen LogP contribution < -0.4 is 5.32 Å². The first kappa shape index (κ1) is 16.4. The number of nitrogens with zero attached hydrogens (tertiary/aromatic N) is 3. The van der Waals surface area contributed by atoms with Crippen LogP contribution in [0.4, 0.5) is 5.82 Å². The minimum absolute atomic E-state index is 0.0147. The maximum atomic E-state index is 12.5. The number of carbonyl (C=O) groups excluding carboxylic acids is 1. The first-order valence-corrected chi connectivity index (χ1v) is 8.52. The number of benzene rings is 1. The van der Waals surface area contributed by atoms with Crippen LogP contribution in [0.5, 0.6) is 0 Å². The number of likely N-dealkylation sites (tertiary alicyclic amines) is 1. The van der Waals surface area contributed by atoms with Gasteiger partial charge in [0.15, 0.2) is 0 Å². The molecule has 1 unspecified atom stereocenters. The molecule has 1 atom stereocenters. The number of piperidine rings is 1. The molecule has 1 amide bonds. The van der Waals surface area contributed by atoms with Crippen LogP contribution in [0, 0.1) is 12.8 Å². The van der Waals surface area contributed by atoms with E-state index in [0.717, 1.165) is 19.5 Å². The summed E-state index contributed by atoms with van der Waals surface area (Å²) in [6.45, 7) is 6.57. The van der Waals surface area contributed by atoms with Crippen molar-refractivity contribution in [3.63, 3.8) is 0 Å². The van der Waals surface area contributed by atoms with Gasteiger partial charge in [-0.25, -0.2) is 9.97 Å². The van der Waals surface area contributed by atoms with E-state index in [1.807, 2.05) is 4.90 Å². The summed E-state index contributed by atoms with van der Waals surface area (Å²) in [7, 11) is 0. The fourth-order valence-corrected chi connectivity index (χ4v) is 2.96. The zero-order valence-corrected chi connectivity index (χ0v) is 14.3. The molecule has 126 valence electrons. The molecule has 0 saturated carbocycles. The molecule has 1 aromatic carbocycles. The Morgan fingerprint density at radius 1 is 1.25 bits per heavy atom. The van der Waals surface area contributed by atoms with Crippen molar-refractivity contribution in [3.8, 4) is 0 Å². The molecule has 24 heavy (non-hydrogen) atoms. The molecule has 0 bridgehead atoms. The van der Waals surface area contributed by atoms with E-state index in [1.165, 1.54) is 17.5 Å². The summed E-state index contributed by atoms with van der Waals surface area (Å²) < 4.78 is 0. The van der Waals surface area contributed by atoms with Gasteiger partial charge < -0.3 is 10.2 Å². The van der Waals surface area contributed by atoms with Crippen LogP contribution in [-0.2, 0) is 6.54 Å². The van der Waals surface area contributed by atoms with E-state index in [0.29, 0.717) is 24.0 Å². The monoisotopic (exact) mass is 324 g/mol. The molecule has 1 fully saturated rings. The zero-order chi connectivity index (χ0) is 16.9. The minimum atomic E-state index is -0.0147. The maximum absolute atomic E-state index is 12.5. The average molecular weight is 324 g/mol. The highest BCUT2D eigenvalue weighted by molar-refractivity contribution is 5.92. The Balaban J connectivity index is 1.58. The third-order valence-corrected chi connectivity index (χ3v) is 4.41. The number of aromatic nitrogens is 2. The summed E-state index contributed by atoms with van der Waals surface area (Å²) in [6.07, 6.45) is 5.46. The molecule has 0 radical (unpaired) electrons. The van der Waals surface area contributed by atoms with Crippen LogP contribution >= 0.6 is 0 Å². The fourth-order valence-electron chi connectivity index (χ4n) is 2.96. The number of nitrogens with one attached hydrogen (secondary N) is 1. The van der Waals surface area contributed by atoms with Crippen molar-refractivity contribution >= 4 is 11.7 Å². The molecule has 2 heterocycles. The molecule has 0 spiro atoms. The van der Waals surface area contributed by atoms with Crippen molar-refractivity contribution in [3.05, 3.63) is 53.5 Å². The number of amides is 1. The summed E-state index contributed by atoms with van der Waals surface area (Å²) in [4.78, 5) is 23.0. The highest BCUT2D eigenvalue weighted by Crippen LogP contribution is 2.17. The second-order valence-corrected chi connectivity index (χ2v) is 6.62. The van der Waals surface area contributed by atoms with E-state index in [1.54, 1.807) is 12.4 Å². The second-order valence-electron chi connectivity index (χ2n) is 6.62. The Hall–Kier alpha value is -2.43. The SMILES string of the molecule is Cc1ccc(CNc2cnc(C(=O)N3CCCC(C)C3)cn2)cc1. The van der Waals surface area contributed by atoms with Gasteiger partial charge in [-0.3, -0.25) is 4.79 Å². The minimum Gasteiger partial charge on any atom is -0.365 e. The van der Waals surface area contributed by atoms with Gasteiger partial charge in [0.25, 0.3) is 5.91 Å². The molecule has 2 aromatic rings. The number of rotatable bonds is 4. The van der Waals surface area contributed by atoms with Crippen LogP contribution in [0.3, 0.4) is 0 Å². The molecule has 3 rings (SSSR count). The number of carbonyl (C=O) groups is 1. The van der Waals surface area contributed by atoms with Gasteiger partial charge in [-0.15, -0.1) is 0 Å². The average Bonchev–Trinajstić information content (AvgIpc) is 2.61. The normalized spacial score (nSPS) is 17.6. The molecule has 1 N–H and O–H groups in total. The Labute approximate surface area is 143 Å². The molecule has 1 saturated heterocycles. The first-order chi connectivity index (χ1) is 11.6. The van der Waals surface area contributed by atoms with Crippen molar-refractivity contribution in [2.24, 2.45) is 5.92 Å². The van der Waals surface area contributed by atoms with E-state index in [2.05, 4.69) is 53.4 Å². The summed E-state index contributed by atoms with van der Waals surface area (Å²) in [6, 6.07) is 8.35. The van der Waals surface area contributed by atoms with Gasteiger partial charge in [0.2, 0.25) is 0 Å². The van der Waals surface area contributed by atoms with Crippen molar-refractivity contribution in [1.82, 2.24) is 14.9 Å². The van der Waals surface area contributed by atoms with Crippen molar-refractivity contribution < 1.29 is 4.79 Å². The van der Waals surface area contributed by atoms with Gasteiger partial charge >= 0.3 is 0 Å². The van der Waals surface area contributed by atoms with E-state index in [4.69, 9.17) is 0 Å². The van der Waals surface area contributed by atoms with Gasteiger partial charge in [-0.2, -0.15) is 0 Å². The van der Waals surface area contributed by atoms with Crippen LogP contribution in [-0.4, -0.2) is 33.9 Å². The molecular formula is C19H24N4O. The van der Waals surface area contributed by atoms with Crippen LogP contribution in [0.1, 0.15) is 41.4 Å².